The van der Waals surface area contributed by atoms with Gasteiger partial charge in [0.1, 0.15) is 12.6 Å². The van der Waals surface area contributed by atoms with Gasteiger partial charge in [-0.2, -0.15) is 0 Å². The van der Waals surface area contributed by atoms with Crippen molar-refractivity contribution in [3.8, 4) is 0 Å². The summed E-state index contributed by atoms with van der Waals surface area (Å²) in [6.07, 6.45) is 3.08. The molecule has 198 valence electrons. The van der Waals surface area contributed by atoms with E-state index < -0.39 is 28.5 Å². The molecule has 0 aliphatic rings. The first kappa shape index (κ1) is 30.4. The molecule has 0 fully saturated rings. The van der Waals surface area contributed by atoms with Gasteiger partial charge in [0, 0.05) is 33.2 Å². The first-order valence-electron chi connectivity index (χ1n) is 11.6. The van der Waals surface area contributed by atoms with Crippen LogP contribution in [0.3, 0.4) is 0 Å². The number of sulfonamides is 1. The number of aryl methyl sites for hydroxylation is 1. The predicted octanol–water partition coefficient (Wildman–Crippen LogP) is 5.55. The number of anilines is 1. The maximum atomic E-state index is 13.7. The summed E-state index contributed by atoms with van der Waals surface area (Å²) in [7, 11) is -3.82. The Morgan fingerprint density at radius 1 is 1.11 bits per heavy atom. The van der Waals surface area contributed by atoms with Gasteiger partial charge in [0.2, 0.25) is 21.8 Å². The van der Waals surface area contributed by atoms with Gasteiger partial charge in [0.15, 0.2) is 0 Å². The lowest BCUT2D eigenvalue weighted by atomic mass is 10.1. The molecule has 2 rings (SSSR count). The van der Waals surface area contributed by atoms with Crippen LogP contribution in [0.15, 0.2) is 40.9 Å². The minimum absolute atomic E-state index is 0.0476. The Hall–Kier alpha value is -1.81. The predicted molar refractivity (Wildman–Crippen MR) is 150 cm³/mol. The zero-order chi connectivity index (χ0) is 27.0. The molecule has 0 saturated heterocycles. The molecule has 1 N–H and O–H groups in total. The second kappa shape index (κ2) is 13.7. The van der Waals surface area contributed by atoms with Gasteiger partial charge in [-0.3, -0.25) is 13.9 Å². The largest absolute Gasteiger partial charge is 0.354 e. The molecule has 0 aliphatic heterocycles. The normalized spacial score (nSPS) is 12.2. The molecule has 0 spiro atoms. The third kappa shape index (κ3) is 8.10. The van der Waals surface area contributed by atoms with E-state index in [2.05, 4.69) is 21.2 Å². The molecule has 0 radical (unpaired) electrons. The van der Waals surface area contributed by atoms with Crippen LogP contribution < -0.4 is 9.62 Å². The van der Waals surface area contributed by atoms with Crippen LogP contribution in [0.25, 0.3) is 0 Å². The van der Waals surface area contributed by atoms with Gasteiger partial charge in [-0.1, -0.05) is 65.5 Å². The summed E-state index contributed by atoms with van der Waals surface area (Å²) in [6, 6.07) is 9.19. The first-order chi connectivity index (χ1) is 16.9. The zero-order valence-electron chi connectivity index (χ0n) is 20.9. The van der Waals surface area contributed by atoms with Crippen LogP contribution in [-0.4, -0.2) is 50.5 Å². The zero-order valence-corrected chi connectivity index (χ0v) is 24.8. The fourth-order valence-electron chi connectivity index (χ4n) is 3.68. The van der Waals surface area contributed by atoms with Crippen molar-refractivity contribution in [2.24, 2.45) is 0 Å². The number of hydrogen-bond donors (Lipinski definition) is 1. The number of carbonyl (C=O) groups is 2. The topological polar surface area (TPSA) is 86.8 Å². The second-order valence-electron chi connectivity index (χ2n) is 8.49. The maximum Gasteiger partial charge on any atom is 0.244 e. The third-order valence-electron chi connectivity index (χ3n) is 5.71. The van der Waals surface area contributed by atoms with Crippen LogP contribution in [-0.2, 0) is 26.2 Å². The van der Waals surface area contributed by atoms with E-state index in [9.17, 15) is 18.0 Å². The molecule has 2 amide bonds. The van der Waals surface area contributed by atoms with Crippen molar-refractivity contribution in [3.63, 3.8) is 0 Å². The molecule has 0 aromatic heterocycles. The number of amides is 2. The molecule has 0 saturated carbocycles. The quantitative estimate of drug-likeness (QED) is 0.315. The molecular formula is C25H32BrCl2N3O4S. The van der Waals surface area contributed by atoms with E-state index in [1.165, 1.54) is 4.90 Å². The van der Waals surface area contributed by atoms with Crippen molar-refractivity contribution in [2.75, 3.05) is 23.7 Å². The van der Waals surface area contributed by atoms with E-state index >= 15 is 0 Å². The highest BCUT2D eigenvalue weighted by molar-refractivity contribution is 9.10. The van der Waals surface area contributed by atoms with Gasteiger partial charge >= 0.3 is 0 Å². The van der Waals surface area contributed by atoms with Gasteiger partial charge < -0.3 is 10.2 Å². The summed E-state index contributed by atoms with van der Waals surface area (Å²) in [5, 5.41) is 3.58. The van der Waals surface area contributed by atoms with E-state index in [1.54, 1.807) is 43.3 Å². The number of benzene rings is 2. The molecule has 2 aromatic rings. The highest BCUT2D eigenvalue weighted by Crippen LogP contribution is 2.28. The number of halogens is 3. The average molecular weight is 621 g/mol. The van der Waals surface area contributed by atoms with Crippen molar-refractivity contribution >= 4 is 66.7 Å². The van der Waals surface area contributed by atoms with Gasteiger partial charge in [-0.15, -0.1) is 0 Å². The Balaban J connectivity index is 2.48. The maximum absolute atomic E-state index is 13.7. The summed E-state index contributed by atoms with van der Waals surface area (Å²) >= 11 is 16.2. The molecule has 0 bridgehead atoms. The van der Waals surface area contributed by atoms with Crippen LogP contribution >= 0.6 is 39.1 Å². The molecule has 1 unspecified atom stereocenters. The fraction of sp³-hybridized carbons (Fsp3) is 0.440. The number of unbranched alkanes of at least 4 members (excludes halogenated alkanes) is 1. The Morgan fingerprint density at radius 2 is 1.75 bits per heavy atom. The molecule has 7 nitrogen and oxygen atoms in total. The van der Waals surface area contributed by atoms with Gasteiger partial charge in [0.05, 0.1) is 11.9 Å². The lowest BCUT2D eigenvalue weighted by molar-refractivity contribution is -0.140. The Bertz CT molecular complexity index is 1170. The summed E-state index contributed by atoms with van der Waals surface area (Å²) < 4.78 is 27.3. The standard InChI is InChI=1S/C25H32BrCl2N3O4S/c1-5-7-13-29-25(33)23(6-2)30(15-19-21(27)9-8-10-22(19)28)24(32)16-31(36(4,34)35)18-11-12-20(26)17(3)14-18/h8-12,14,23H,5-7,13,15-16H2,1-4H3,(H,29,33). The third-order valence-corrected chi connectivity index (χ3v) is 8.45. The highest BCUT2D eigenvalue weighted by atomic mass is 79.9. The van der Waals surface area contributed by atoms with Gasteiger partial charge in [0.25, 0.3) is 0 Å². The SMILES string of the molecule is CCCCNC(=O)C(CC)N(Cc1c(Cl)cccc1Cl)C(=O)CN(c1ccc(Br)c(C)c1)S(C)(=O)=O. The van der Waals surface area contributed by atoms with Crippen molar-refractivity contribution in [1.29, 1.82) is 0 Å². The van der Waals surface area contributed by atoms with Crippen molar-refractivity contribution in [3.05, 3.63) is 62.0 Å². The van der Waals surface area contributed by atoms with Crippen LogP contribution in [0, 0.1) is 6.92 Å². The smallest absolute Gasteiger partial charge is 0.244 e. The van der Waals surface area contributed by atoms with Crippen LogP contribution in [0.1, 0.15) is 44.2 Å². The van der Waals surface area contributed by atoms with Crippen LogP contribution in [0.2, 0.25) is 10.0 Å². The van der Waals surface area contributed by atoms with E-state index in [1.807, 2.05) is 13.8 Å². The lowest BCUT2D eigenvalue weighted by Crippen LogP contribution is -2.52. The lowest BCUT2D eigenvalue weighted by Gasteiger charge is -2.33. The highest BCUT2D eigenvalue weighted by Gasteiger charge is 2.32. The van der Waals surface area contributed by atoms with E-state index in [0.29, 0.717) is 34.3 Å². The Kier molecular flexibility index (Phi) is 11.5. The first-order valence-corrected chi connectivity index (χ1v) is 15.0. The number of carbonyl (C=O) groups excluding carboxylic acids is 2. The molecular weight excluding hydrogens is 589 g/mol. The number of hydrogen-bond acceptors (Lipinski definition) is 4. The van der Waals surface area contributed by atoms with E-state index in [0.717, 1.165) is 33.4 Å². The molecule has 0 heterocycles. The van der Waals surface area contributed by atoms with Crippen molar-refractivity contribution in [2.45, 2.75) is 52.6 Å². The number of rotatable bonds is 12. The molecule has 0 aliphatic carbocycles. The summed E-state index contributed by atoms with van der Waals surface area (Å²) in [5.74, 6) is -0.859. The summed E-state index contributed by atoms with van der Waals surface area (Å²) in [4.78, 5) is 28.2. The number of nitrogens with one attached hydrogen (secondary N) is 1. The molecule has 36 heavy (non-hydrogen) atoms. The van der Waals surface area contributed by atoms with Gasteiger partial charge in [-0.05, 0) is 55.7 Å². The Labute approximate surface area is 232 Å². The molecule has 1 atom stereocenters. The summed E-state index contributed by atoms with van der Waals surface area (Å²) in [6.45, 7) is 5.59. The Morgan fingerprint density at radius 3 is 2.28 bits per heavy atom. The monoisotopic (exact) mass is 619 g/mol. The van der Waals surface area contributed by atoms with E-state index in [-0.39, 0.29) is 12.5 Å². The molecule has 11 heteroatoms. The minimum Gasteiger partial charge on any atom is -0.354 e. The van der Waals surface area contributed by atoms with E-state index in [4.69, 9.17) is 23.2 Å². The summed E-state index contributed by atoms with van der Waals surface area (Å²) in [5.41, 5.74) is 1.65. The van der Waals surface area contributed by atoms with Crippen molar-refractivity contribution < 1.29 is 18.0 Å². The average Bonchev–Trinajstić information content (AvgIpc) is 2.80. The molecule has 2 aromatic carbocycles. The fourth-order valence-corrected chi connectivity index (χ4v) is 5.28. The number of nitrogens with zero attached hydrogens (tertiary/aromatic N) is 2. The van der Waals surface area contributed by atoms with Crippen LogP contribution in [0.4, 0.5) is 5.69 Å². The second-order valence-corrected chi connectivity index (χ2v) is 12.1. The van der Waals surface area contributed by atoms with Crippen molar-refractivity contribution in [1.82, 2.24) is 10.2 Å². The van der Waals surface area contributed by atoms with Gasteiger partial charge in [-0.25, -0.2) is 8.42 Å². The van der Waals surface area contributed by atoms with Crippen LogP contribution in [0.5, 0.6) is 0 Å². The minimum atomic E-state index is -3.82.